The van der Waals surface area contributed by atoms with Crippen LogP contribution in [0.25, 0.3) is 10.9 Å². The molecule has 0 spiro atoms. The van der Waals surface area contributed by atoms with Crippen LogP contribution in [0.4, 0.5) is 18.9 Å². The minimum absolute atomic E-state index is 0.135. The van der Waals surface area contributed by atoms with Crippen molar-refractivity contribution in [2.75, 3.05) is 31.1 Å². The molecule has 1 atom stereocenters. The first-order chi connectivity index (χ1) is 17.1. The molecule has 10 heteroatoms. The molecule has 0 radical (unpaired) electrons. The number of morpholine rings is 1. The van der Waals surface area contributed by atoms with Crippen LogP contribution in [0, 0.1) is 0 Å². The standard InChI is InChI=1S/C24H25N3O2.C2HF3O2/c1-17-15-26(13-14-29-17)22-8-4-6-19-16-27(24(28)23(19)22)12-11-20-10-9-18-5-2-3-7-21(18)25-20;3-2(4,5)1(6)7/h2-10,17H,11-16H2,1H3;(H,6,7). The first-order valence-corrected chi connectivity index (χ1v) is 11.6. The van der Waals surface area contributed by atoms with Gasteiger partial charge in [-0.05, 0) is 30.7 Å². The molecule has 3 aromatic rings. The lowest BCUT2D eigenvalue weighted by atomic mass is 10.1. The fraction of sp³-hybridized carbons (Fsp3) is 0.346. The summed E-state index contributed by atoms with van der Waals surface area (Å²) < 4.78 is 37.4. The molecule has 2 aromatic carbocycles. The summed E-state index contributed by atoms with van der Waals surface area (Å²) in [7, 11) is 0. The summed E-state index contributed by atoms with van der Waals surface area (Å²) in [5, 5.41) is 8.27. The lowest BCUT2D eigenvalue weighted by molar-refractivity contribution is -0.192. The molecule has 1 amide bonds. The Balaban J connectivity index is 0.000000384. The second-order valence-corrected chi connectivity index (χ2v) is 8.71. The number of rotatable bonds is 4. The molecule has 2 aliphatic rings. The van der Waals surface area contributed by atoms with Crippen molar-refractivity contribution >= 4 is 28.5 Å². The number of carbonyl (C=O) groups is 2. The molecule has 1 fully saturated rings. The Hall–Kier alpha value is -3.66. The van der Waals surface area contributed by atoms with Crippen LogP contribution in [0.3, 0.4) is 0 Å². The molecule has 5 rings (SSSR count). The van der Waals surface area contributed by atoms with Crippen molar-refractivity contribution in [2.45, 2.75) is 32.2 Å². The van der Waals surface area contributed by atoms with Gasteiger partial charge in [0.15, 0.2) is 0 Å². The second-order valence-electron chi connectivity index (χ2n) is 8.71. The molecular weight excluding hydrogens is 475 g/mol. The number of aliphatic carboxylic acids is 1. The second kappa shape index (κ2) is 10.5. The highest BCUT2D eigenvalue weighted by Crippen LogP contribution is 2.32. The maximum atomic E-state index is 13.2. The van der Waals surface area contributed by atoms with Gasteiger partial charge < -0.3 is 19.6 Å². The Bertz CT molecular complexity index is 1260. The van der Waals surface area contributed by atoms with Gasteiger partial charge in [0.1, 0.15) is 0 Å². The monoisotopic (exact) mass is 501 g/mol. The van der Waals surface area contributed by atoms with Crippen molar-refractivity contribution < 1.29 is 32.6 Å². The van der Waals surface area contributed by atoms with Crippen LogP contribution in [-0.4, -0.2) is 65.4 Å². The van der Waals surface area contributed by atoms with Gasteiger partial charge in [0.25, 0.3) is 5.91 Å². The summed E-state index contributed by atoms with van der Waals surface area (Å²) in [6, 6.07) is 18.5. The third-order valence-corrected chi connectivity index (χ3v) is 6.11. The van der Waals surface area contributed by atoms with Crippen LogP contribution in [0.1, 0.15) is 28.5 Å². The van der Waals surface area contributed by atoms with Gasteiger partial charge in [-0.1, -0.05) is 36.4 Å². The van der Waals surface area contributed by atoms with E-state index in [1.807, 2.05) is 23.1 Å². The van der Waals surface area contributed by atoms with Gasteiger partial charge in [0.2, 0.25) is 0 Å². The fourth-order valence-electron chi connectivity index (χ4n) is 4.38. The molecular formula is C26H26F3N3O4. The number of amides is 1. The maximum absolute atomic E-state index is 13.2. The maximum Gasteiger partial charge on any atom is 0.490 e. The number of halogens is 3. The van der Waals surface area contributed by atoms with Crippen molar-refractivity contribution in [1.82, 2.24) is 9.88 Å². The zero-order valence-electron chi connectivity index (χ0n) is 19.7. The lowest BCUT2D eigenvalue weighted by Gasteiger charge is -2.33. The summed E-state index contributed by atoms with van der Waals surface area (Å²) in [5.74, 6) is -2.62. The molecule has 1 unspecified atom stereocenters. The average Bonchev–Trinajstić information content (AvgIpc) is 3.18. The van der Waals surface area contributed by atoms with Crippen molar-refractivity contribution in [3.63, 3.8) is 0 Å². The Morgan fingerprint density at radius 1 is 1.14 bits per heavy atom. The Labute approximate surface area is 206 Å². The van der Waals surface area contributed by atoms with Crippen molar-refractivity contribution in [3.8, 4) is 0 Å². The van der Waals surface area contributed by atoms with Gasteiger partial charge >= 0.3 is 12.1 Å². The number of nitrogens with zero attached hydrogens (tertiary/aromatic N) is 3. The number of ether oxygens (including phenoxy) is 1. The molecule has 0 aliphatic carbocycles. The molecule has 1 N–H and O–H groups in total. The van der Waals surface area contributed by atoms with Crippen molar-refractivity contribution in [2.24, 2.45) is 0 Å². The van der Waals surface area contributed by atoms with Gasteiger partial charge in [-0.3, -0.25) is 9.78 Å². The molecule has 0 bridgehead atoms. The highest BCUT2D eigenvalue weighted by atomic mass is 19.4. The van der Waals surface area contributed by atoms with E-state index in [1.165, 1.54) is 0 Å². The van der Waals surface area contributed by atoms with Gasteiger partial charge in [-0.15, -0.1) is 0 Å². The smallest absolute Gasteiger partial charge is 0.475 e. The molecule has 3 heterocycles. The van der Waals surface area contributed by atoms with E-state index < -0.39 is 12.1 Å². The number of benzene rings is 2. The number of anilines is 1. The van der Waals surface area contributed by atoms with Crippen LogP contribution < -0.4 is 4.90 Å². The molecule has 36 heavy (non-hydrogen) atoms. The molecule has 1 aromatic heterocycles. The summed E-state index contributed by atoms with van der Waals surface area (Å²) in [6.07, 6.45) is -4.14. The van der Waals surface area contributed by atoms with E-state index in [9.17, 15) is 18.0 Å². The third-order valence-electron chi connectivity index (χ3n) is 6.11. The highest BCUT2D eigenvalue weighted by molar-refractivity contribution is 6.03. The van der Waals surface area contributed by atoms with Crippen LogP contribution in [0.15, 0.2) is 54.6 Å². The number of carboxylic acid groups (broad SMARTS) is 1. The first-order valence-electron chi connectivity index (χ1n) is 11.6. The Kier molecular flexibility index (Phi) is 7.44. The molecule has 0 saturated carbocycles. The zero-order valence-corrected chi connectivity index (χ0v) is 19.7. The predicted molar refractivity (Wildman–Crippen MR) is 128 cm³/mol. The molecule has 2 aliphatic heterocycles. The number of carbonyl (C=O) groups excluding carboxylic acids is 1. The van der Waals surface area contributed by atoms with E-state index >= 15 is 0 Å². The zero-order chi connectivity index (χ0) is 25.9. The van der Waals surface area contributed by atoms with Crippen molar-refractivity contribution in [1.29, 1.82) is 0 Å². The SMILES string of the molecule is CC1CN(c2cccc3c2C(=O)N(CCc2ccc4ccccc4n2)C3)CCO1.O=C(O)C(F)(F)F. The molecule has 190 valence electrons. The van der Waals surface area contributed by atoms with Crippen LogP contribution in [-0.2, 0) is 22.5 Å². The van der Waals surface area contributed by atoms with Gasteiger partial charge in [-0.2, -0.15) is 13.2 Å². The summed E-state index contributed by atoms with van der Waals surface area (Å²) in [6.45, 7) is 5.80. The number of para-hydroxylation sites is 1. The summed E-state index contributed by atoms with van der Waals surface area (Å²) in [5.41, 5.74) is 5.07. The highest BCUT2D eigenvalue weighted by Gasteiger charge is 2.38. The fourth-order valence-corrected chi connectivity index (χ4v) is 4.38. The minimum Gasteiger partial charge on any atom is -0.475 e. The molecule has 7 nitrogen and oxygen atoms in total. The third kappa shape index (κ3) is 5.76. The number of hydrogen-bond acceptors (Lipinski definition) is 5. The lowest BCUT2D eigenvalue weighted by Crippen LogP contribution is -2.42. The minimum atomic E-state index is -5.08. The average molecular weight is 502 g/mol. The van der Waals surface area contributed by atoms with E-state index in [0.717, 1.165) is 52.9 Å². The van der Waals surface area contributed by atoms with Crippen LogP contribution in [0.2, 0.25) is 0 Å². The topological polar surface area (TPSA) is 83.0 Å². The van der Waals surface area contributed by atoms with E-state index in [1.54, 1.807) is 0 Å². The van der Waals surface area contributed by atoms with E-state index in [4.69, 9.17) is 19.6 Å². The first kappa shape index (κ1) is 25.4. The Morgan fingerprint density at radius 3 is 2.61 bits per heavy atom. The number of fused-ring (bicyclic) bond motifs is 2. The largest absolute Gasteiger partial charge is 0.490 e. The number of hydrogen-bond donors (Lipinski definition) is 1. The Morgan fingerprint density at radius 2 is 1.89 bits per heavy atom. The van der Waals surface area contributed by atoms with Gasteiger partial charge in [0, 0.05) is 43.7 Å². The summed E-state index contributed by atoms with van der Waals surface area (Å²) >= 11 is 0. The quantitative estimate of drug-likeness (QED) is 0.574. The van der Waals surface area contributed by atoms with E-state index in [0.29, 0.717) is 19.7 Å². The van der Waals surface area contributed by atoms with E-state index in [-0.39, 0.29) is 12.0 Å². The number of pyridine rings is 1. The number of carboxylic acids is 1. The van der Waals surface area contributed by atoms with Crippen molar-refractivity contribution in [3.05, 3.63) is 71.4 Å². The van der Waals surface area contributed by atoms with Gasteiger partial charge in [0.05, 0.1) is 29.5 Å². The molecule has 1 saturated heterocycles. The summed E-state index contributed by atoms with van der Waals surface area (Å²) in [4.78, 5) is 31.1. The van der Waals surface area contributed by atoms with E-state index in [2.05, 4.69) is 48.2 Å². The number of alkyl halides is 3. The van der Waals surface area contributed by atoms with Crippen LogP contribution in [0.5, 0.6) is 0 Å². The predicted octanol–water partition coefficient (Wildman–Crippen LogP) is 4.29. The van der Waals surface area contributed by atoms with Crippen LogP contribution >= 0.6 is 0 Å². The number of aromatic nitrogens is 1. The van der Waals surface area contributed by atoms with Gasteiger partial charge in [-0.25, -0.2) is 4.79 Å². The normalized spacial score (nSPS) is 17.6.